The van der Waals surface area contributed by atoms with Gasteiger partial charge >= 0.3 is 0 Å². The quantitative estimate of drug-likeness (QED) is 0.277. The summed E-state index contributed by atoms with van der Waals surface area (Å²) in [6.45, 7) is 0. The Labute approximate surface area is 200 Å². The fourth-order valence-electron chi connectivity index (χ4n) is 4.20. The normalized spacial score (nSPS) is 15.7. The lowest BCUT2D eigenvalue weighted by atomic mass is 10.0. The number of rotatable bonds is 4. The second-order valence-corrected chi connectivity index (χ2v) is 9.30. The van der Waals surface area contributed by atoms with Crippen LogP contribution in [-0.2, 0) is 0 Å². The van der Waals surface area contributed by atoms with E-state index in [2.05, 4.69) is 35.7 Å². The van der Waals surface area contributed by atoms with Crippen molar-refractivity contribution in [2.75, 3.05) is 5.01 Å². The van der Waals surface area contributed by atoms with E-state index >= 15 is 0 Å². The van der Waals surface area contributed by atoms with E-state index in [1.165, 1.54) is 4.88 Å². The first kappa shape index (κ1) is 20.1. The summed E-state index contributed by atoms with van der Waals surface area (Å²) in [6.07, 6.45) is 0.803. The van der Waals surface area contributed by atoms with E-state index in [-0.39, 0.29) is 6.04 Å². The number of hydrogen-bond donors (Lipinski definition) is 0. The molecule has 0 bridgehead atoms. The van der Waals surface area contributed by atoms with Crippen molar-refractivity contribution in [2.24, 2.45) is 5.10 Å². The molecule has 160 valence electrons. The number of nitrogens with zero attached hydrogens (tertiary/aromatic N) is 4. The molecule has 5 aromatic rings. The lowest BCUT2D eigenvalue weighted by molar-refractivity contribution is 0.700. The Bertz CT molecular complexity index is 1450. The van der Waals surface area contributed by atoms with Gasteiger partial charge < -0.3 is 0 Å². The first-order chi connectivity index (χ1) is 16.3. The van der Waals surface area contributed by atoms with Crippen LogP contribution in [0.25, 0.3) is 22.2 Å². The minimum absolute atomic E-state index is 0.0550. The fourth-order valence-corrected chi connectivity index (χ4v) is 5.13. The van der Waals surface area contributed by atoms with E-state index in [1.807, 2.05) is 65.7 Å². The summed E-state index contributed by atoms with van der Waals surface area (Å²) in [4.78, 5) is 11.2. The minimum atomic E-state index is 0.0550. The number of halogens is 1. The Morgan fingerprint density at radius 2 is 1.58 bits per heavy atom. The fraction of sp³-hybridized carbons (Fsp3) is 0.0741. The third kappa shape index (κ3) is 3.80. The second kappa shape index (κ2) is 8.43. The van der Waals surface area contributed by atoms with Crippen LogP contribution in [0.15, 0.2) is 101 Å². The van der Waals surface area contributed by atoms with Gasteiger partial charge in [-0.25, -0.2) is 15.0 Å². The molecule has 1 aliphatic heterocycles. The molecule has 1 aliphatic rings. The average molecular weight is 467 g/mol. The first-order valence-corrected chi connectivity index (χ1v) is 12.0. The van der Waals surface area contributed by atoms with Crippen LogP contribution >= 0.6 is 22.9 Å². The van der Waals surface area contributed by atoms with Gasteiger partial charge in [0.15, 0.2) is 0 Å². The van der Waals surface area contributed by atoms with Crippen molar-refractivity contribution in [3.8, 4) is 11.3 Å². The monoisotopic (exact) mass is 466 g/mol. The number of hydrogen-bond acceptors (Lipinski definition) is 5. The van der Waals surface area contributed by atoms with Crippen molar-refractivity contribution in [2.45, 2.75) is 12.5 Å². The number of hydrazone groups is 1. The molecule has 33 heavy (non-hydrogen) atoms. The largest absolute Gasteiger partial charge is 0.247 e. The van der Waals surface area contributed by atoms with Crippen LogP contribution in [0.4, 0.5) is 5.95 Å². The summed E-state index contributed by atoms with van der Waals surface area (Å²) in [5.41, 5.74) is 4.93. The molecule has 0 amide bonds. The Balaban J connectivity index is 1.53. The Kier molecular flexibility index (Phi) is 5.13. The summed E-state index contributed by atoms with van der Waals surface area (Å²) >= 11 is 7.88. The lowest BCUT2D eigenvalue weighted by Crippen LogP contribution is -2.20. The number of para-hydroxylation sites is 1. The molecular weight excluding hydrogens is 448 g/mol. The highest BCUT2D eigenvalue weighted by molar-refractivity contribution is 7.10. The van der Waals surface area contributed by atoms with Gasteiger partial charge in [0.1, 0.15) is 0 Å². The minimum Gasteiger partial charge on any atom is -0.223 e. The molecule has 0 saturated carbocycles. The molecule has 2 aromatic heterocycles. The molecule has 6 heteroatoms. The lowest BCUT2D eigenvalue weighted by Gasteiger charge is -2.21. The maximum absolute atomic E-state index is 6.15. The van der Waals surface area contributed by atoms with Crippen LogP contribution in [0.3, 0.4) is 0 Å². The summed E-state index contributed by atoms with van der Waals surface area (Å²) in [5, 5.41) is 10.8. The zero-order chi connectivity index (χ0) is 22.2. The number of anilines is 1. The van der Waals surface area contributed by atoms with Crippen LogP contribution in [0.1, 0.15) is 22.9 Å². The highest BCUT2D eigenvalue weighted by Crippen LogP contribution is 2.39. The maximum atomic E-state index is 6.15. The van der Waals surface area contributed by atoms with Crippen LogP contribution in [0, 0.1) is 0 Å². The number of thiophene rings is 1. The molecular formula is C27H19ClN4S. The van der Waals surface area contributed by atoms with Gasteiger partial charge in [-0.3, -0.25) is 0 Å². The molecule has 0 spiro atoms. The van der Waals surface area contributed by atoms with E-state index in [9.17, 15) is 0 Å². The molecule has 1 unspecified atom stereocenters. The molecule has 0 N–H and O–H groups in total. The van der Waals surface area contributed by atoms with E-state index in [1.54, 1.807) is 11.3 Å². The van der Waals surface area contributed by atoms with Crippen molar-refractivity contribution in [1.82, 2.24) is 9.97 Å². The Morgan fingerprint density at radius 3 is 2.36 bits per heavy atom. The standard InChI is InChI=1S/C27H19ClN4S/c28-20-14-12-19(13-15-20)26-21-9-4-5-10-22(21)29-27(30-26)32-24(25-11-6-16-33-25)17-23(31-32)18-7-2-1-3-8-18/h1-16,24H,17H2. The topological polar surface area (TPSA) is 41.4 Å². The highest BCUT2D eigenvalue weighted by atomic mass is 35.5. The van der Waals surface area contributed by atoms with Gasteiger partial charge in [-0.2, -0.15) is 5.10 Å². The summed E-state index contributed by atoms with van der Waals surface area (Å²) in [5.74, 6) is 0.600. The molecule has 0 radical (unpaired) electrons. The van der Waals surface area contributed by atoms with Gasteiger partial charge in [0.2, 0.25) is 5.95 Å². The summed E-state index contributed by atoms with van der Waals surface area (Å²) < 4.78 is 0. The van der Waals surface area contributed by atoms with Crippen molar-refractivity contribution in [1.29, 1.82) is 0 Å². The third-order valence-corrected chi connectivity index (χ3v) is 7.03. The van der Waals surface area contributed by atoms with E-state index in [0.29, 0.717) is 11.0 Å². The van der Waals surface area contributed by atoms with E-state index in [4.69, 9.17) is 26.7 Å². The predicted molar refractivity (Wildman–Crippen MR) is 137 cm³/mol. The molecule has 4 nitrogen and oxygen atoms in total. The highest BCUT2D eigenvalue weighted by Gasteiger charge is 2.32. The summed E-state index contributed by atoms with van der Waals surface area (Å²) in [7, 11) is 0. The Morgan fingerprint density at radius 1 is 0.788 bits per heavy atom. The first-order valence-electron chi connectivity index (χ1n) is 10.7. The zero-order valence-corrected chi connectivity index (χ0v) is 19.2. The van der Waals surface area contributed by atoms with Crippen LogP contribution in [-0.4, -0.2) is 15.7 Å². The van der Waals surface area contributed by atoms with Crippen LogP contribution in [0.5, 0.6) is 0 Å². The SMILES string of the molecule is Clc1ccc(-c2nc(N3N=C(c4ccccc4)CC3c3cccs3)nc3ccccc23)cc1. The van der Waals surface area contributed by atoms with Gasteiger partial charge in [0.25, 0.3) is 0 Å². The molecule has 3 aromatic carbocycles. The predicted octanol–water partition coefficient (Wildman–Crippen LogP) is 7.37. The molecule has 0 aliphatic carbocycles. The molecule has 0 saturated heterocycles. The summed E-state index contributed by atoms with van der Waals surface area (Å²) in [6, 6.07) is 30.5. The van der Waals surface area contributed by atoms with Crippen molar-refractivity contribution < 1.29 is 0 Å². The van der Waals surface area contributed by atoms with Gasteiger partial charge in [-0.1, -0.05) is 78.3 Å². The molecule has 0 fully saturated rings. The van der Waals surface area contributed by atoms with Gasteiger partial charge in [0.05, 0.1) is 23.0 Å². The second-order valence-electron chi connectivity index (χ2n) is 7.89. The van der Waals surface area contributed by atoms with Gasteiger partial charge in [-0.05, 0) is 35.2 Å². The smallest absolute Gasteiger partial charge is 0.223 e. The van der Waals surface area contributed by atoms with E-state index < -0.39 is 0 Å². The average Bonchev–Trinajstić information content (AvgIpc) is 3.55. The van der Waals surface area contributed by atoms with Crippen molar-refractivity contribution in [3.63, 3.8) is 0 Å². The third-order valence-electron chi connectivity index (χ3n) is 5.80. The van der Waals surface area contributed by atoms with Gasteiger partial charge in [0, 0.05) is 27.3 Å². The van der Waals surface area contributed by atoms with E-state index in [0.717, 1.165) is 39.9 Å². The van der Waals surface area contributed by atoms with Crippen molar-refractivity contribution >= 4 is 45.5 Å². The van der Waals surface area contributed by atoms with Crippen LogP contribution < -0.4 is 5.01 Å². The molecule has 6 rings (SSSR count). The maximum Gasteiger partial charge on any atom is 0.247 e. The number of fused-ring (bicyclic) bond motifs is 1. The van der Waals surface area contributed by atoms with Crippen molar-refractivity contribution in [3.05, 3.63) is 112 Å². The van der Waals surface area contributed by atoms with Gasteiger partial charge in [-0.15, -0.1) is 11.3 Å². The van der Waals surface area contributed by atoms with Crippen LogP contribution in [0.2, 0.25) is 5.02 Å². The Hall–Kier alpha value is -3.54. The molecule has 3 heterocycles. The number of aromatic nitrogens is 2. The zero-order valence-electron chi connectivity index (χ0n) is 17.6. The molecule has 1 atom stereocenters. The number of benzene rings is 3.